The van der Waals surface area contributed by atoms with Crippen LogP contribution in [0.25, 0.3) is 0 Å². The average molecular weight is 252 g/mol. The molecule has 0 spiro atoms. The Balaban J connectivity index is 2.22. The quantitative estimate of drug-likeness (QED) is 0.701. The molecule has 1 atom stereocenters. The summed E-state index contributed by atoms with van der Waals surface area (Å²) >= 11 is 5.99. The Morgan fingerprint density at radius 1 is 1.24 bits per heavy atom. The van der Waals surface area contributed by atoms with Gasteiger partial charge < -0.3 is 4.90 Å². The Labute approximate surface area is 108 Å². The highest BCUT2D eigenvalue weighted by atomic mass is 35.5. The number of carbonyl (C=O) groups excluding carboxylic acids is 1. The van der Waals surface area contributed by atoms with Crippen LogP contribution in [0.3, 0.4) is 0 Å². The van der Waals surface area contributed by atoms with Crippen LogP contribution < -0.4 is 4.90 Å². The van der Waals surface area contributed by atoms with E-state index in [4.69, 9.17) is 11.6 Å². The Kier molecular flexibility index (Phi) is 3.17. The first-order valence-corrected chi connectivity index (χ1v) is 6.36. The molecule has 1 heterocycles. The van der Waals surface area contributed by atoms with Crippen molar-refractivity contribution in [3.8, 4) is 0 Å². The maximum absolute atomic E-state index is 11.7. The van der Waals surface area contributed by atoms with Crippen LogP contribution in [0.5, 0.6) is 0 Å². The maximum atomic E-state index is 11.7. The lowest BCUT2D eigenvalue weighted by Crippen LogP contribution is -2.24. The number of alkyl halides is 1. The summed E-state index contributed by atoms with van der Waals surface area (Å²) in [4.78, 5) is 13.5. The fourth-order valence-corrected chi connectivity index (χ4v) is 2.32. The molecule has 1 aromatic carbocycles. The zero-order valence-electron chi connectivity index (χ0n) is 10.5. The molecule has 0 aliphatic carbocycles. The van der Waals surface area contributed by atoms with E-state index in [2.05, 4.69) is 32.9 Å². The Hall–Kier alpha value is -1.02. The zero-order chi connectivity index (χ0) is 12.6. The van der Waals surface area contributed by atoms with Gasteiger partial charge in [-0.3, -0.25) is 4.79 Å². The fraction of sp³-hybridized carbons (Fsp3) is 0.500. The lowest BCUT2D eigenvalue weighted by molar-refractivity contribution is -0.117. The van der Waals surface area contributed by atoms with Crippen molar-refractivity contribution in [1.82, 2.24) is 0 Å². The van der Waals surface area contributed by atoms with Crippen molar-refractivity contribution >= 4 is 23.2 Å². The number of rotatable bonds is 1. The van der Waals surface area contributed by atoms with E-state index in [1.165, 1.54) is 5.56 Å². The summed E-state index contributed by atoms with van der Waals surface area (Å²) < 4.78 is 0. The van der Waals surface area contributed by atoms with Gasteiger partial charge in [-0.1, -0.05) is 32.9 Å². The number of anilines is 1. The van der Waals surface area contributed by atoms with Crippen LogP contribution >= 0.6 is 11.6 Å². The normalized spacial score (nSPS) is 21.1. The molecule has 0 N–H and O–H groups in total. The SMILES string of the molecule is CC(C)(C)c1ccc(N2CC(Cl)CC2=O)cc1. The molecule has 92 valence electrons. The van der Waals surface area contributed by atoms with Gasteiger partial charge in [-0.15, -0.1) is 11.6 Å². The third kappa shape index (κ3) is 2.63. The van der Waals surface area contributed by atoms with Gasteiger partial charge >= 0.3 is 0 Å². The predicted molar refractivity (Wildman–Crippen MR) is 71.8 cm³/mol. The highest BCUT2D eigenvalue weighted by molar-refractivity contribution is 6.24. The van der Waals surface area contributed by atoms with E-state index in [0.29, 0.717) is 13.0 Å². The van der Waals surface area contributed by atoms with Crippen molar-refractivity contribution in [2.75, 3.05) is 11.4 Å². The standard InChI is InChI=1S/C14H18ClNO/c1-14(2,3)10-4-6-12(7-5-10)16-9-11(15)8-13(16)17/h4-7,11H,8-9H2,1-3H3. The van der Waals surface area contributed by atoms with Crippen molar-refractivity contribution in [2.45, 2.75) is 38.0 Å². The fourth-order valence-electron chi connectivity index (χ4n) is 2.05. The van der Waals surface area contributed by atoms with E-state index in [0.717, 1.165) is 5.69 Å². The monoisotopic (exact) mass is 251 g/mol. The number of benzene rings is 1. The first-order valence-electron chi connectivity index (χ1n) is 5.93. The van der Waals surface area contributed by atoms with Crippen molar-refractivity contribution in [1.29, 1.82) is 0 Å². The van der Waals surface area contributed by atoms with Gasteiger partial charge in [-0.05, 0) is 23.1 Å². The third-order valence-corrected chi connectivity index (χ3v) is 3.42. The van der Waals surface area contributed by atoms with Gasteiger partial charge in [-0.2, -0.15) is 0 Å². The highest BCUT2D eigenvalue weighted by Crippen LogP contribution is 2.28. The second kappa shape index (κ2) is 4.34. The summed E-state index contributed by atoms with van der Waals surface area (Å²) in [6, 6.07) is 8.19. The summed E-state index contributed by atoms with van der Waals surface area (Å²) in [5.74, 6) is 0.119. The number of nitrogens with zero attached hydrogens (tertiary/aromatic N) is 1. The lowest BCUT2D eigenvalue weighted by atomic mass is 9.87. The van der Waals surface area contributed by atoms with Crippen molar-refractivity contribution in [3.63, 3.8) is 0 Å². The van der Waals surface area contributed by atoms with Crippen molar-refractivity contribution in [2.24, 2.45) is 0 Å². The van der Waals surface area contributed by atoms with Crippen LogP contribution in [0.15, 0.2) is 24.3 Å². The van der Waals surface area contributed by atoms with E-state index in [-0.39, 0.29) is 16.7 Å². The summed E-state index contributed by atoms with van der Waals surface area (Å²) in [5, 5.41) is -0.0511. The molecule has 0 aromatic heterocycles. The first-order chi connectivity index (χ1) is 7.88. The molecule has 1 saturated heterocycles. The minimum Gasteiger partial charge on any atom is -0.311 e. The molecule has 17 heavy (non-hydrogen) atoms. The minimum atomic E-state index is -0.0511. The largest absolute Gasteiger partial charge is 0.311 e. The summed E-state index contributed by atoms with van der Waals surface area (Å²) in [6.07, 6.45) is 0.447. The van der Waals surface area contributed by atoms with E-state index >= 15 is 0 Å². The second-order valence-electron chi connectivity index (χ2n) is 5.60. The van der Waals surface area contributed by atoms with Gasteiger partial charge in [0.25, 0.3) is 0 Å². The predicted octanol–water partition coefficient (Wildman–Crippen LogP) is 3.33. The molecule has 0 saturated carbocycles. The molecule has 1 aliphatic rings. The third-order valence-electron chi connectivity index (χ3n) is 3.12. The molecule has 1 aromatic rings. The first kappa shape index (κ1) is 12.4. The molecule has 2 rings (SSSR count). The van der Waals surface area contributed by atoms with Crippen LogP contribution in [0.4, 0.5) is 5.69 Å². The van der Waals surface area contributed by atoms with Crippen molar-refractivity contribution < 1.29 is 4.79 Å². The number of amides is 1. The molecule has 1 fully saturated rings. The summed E-state index contributed by atoms with van der Waals surface area (Å²) in [7, 11) is 0. The number of halogens is 1. The Bertz CT molecular complexity index is 419. The maximum Gasteiger partial charge on any atom is 0.228 e. The van der Waals surface area contributed by atoms with Crippen LogP contribution in [-0.2, 0) is 10.2 Å². The highest BCUT2D eigenvalue weighted by Gasteiger charge is 2.29. The number of hydrogen-bond donors (Lipinski definition) is 0. The second-order valence-corrected chi connectivity index (χ2v) is 6.22. The molecular weight excluding hydrogens is 234 g/mol. The summed E-state index contributed by atoms with van der Waals surface area (Å²) in [5.41, 5.74) is 2.37. The van der Waals surface area contributed by atoms with Crippen LogP contribution in [-0.4, -0.2) is 17.8 Å². The minimum absolute atomic E-state index is 0.0511. The summed E-state index contributed by atoms with van der Waals surface area (Å²) in [6.45, 7) is 7.16. The van der Waals surface area contributed by atoms with Gasteiger partial charge in [0, 0.05) is 18.7 Å². The van der Waals surface area contributed by atoms with Crippen LogP contribution in [0.2, 0.25) is 0 Å². The molecule has 0 bridgehead atoms. The van der Waals surface area contributed by atoms with Gasteiger partial charge in [0.05, 0.1) is 5.38 Å². The van der Waals surface area contributed by atoms with Gasteiger partial charge in [0.15, 0.2) is 0 Å². The van der Waals surface area contributed by atoms with E-state index in [1.807, 2.05) is 12.1 Å². The van der Waals surface area contributed by atoms with E-state index < -0.39 is 0 Å². The number of hydrogen-bond acceptors (Lipinski definition) is 1. The smallest absolute Gasteiger partial charge is 0.228 e. The molecule has 2 nitrogen and oxygen atoms in total. The Morgan fingerprint density at radius 3 is 2.24 bits per heavy atom. The van der Waals surface area contributed by atoms with Gasteiger partial charge in [0.2, 0.25) is 5.91 Å². The van der Waals surface area contributed by atoms with Crippen LogP contribution in [0, 0.1) is 0 Å². The topological polar surface area (TPSA) is 20.3 Å². The van der Waals surface area contributed by atoms with Crippen molar-refractivity contribution in [3.05, 3.63) is 29.8 Å². The molecular formula is C14H18ClNO. The molecule has 1 amide bonds. The average Bonchev–Trinajstić information content (AvgIpc) is 2.57. The van der Waals surface area contributed by atoms with E-state index in [1.54, 1.807) is 4.90 Å². The number of carbonyl (C=O) groups is 1. The Morgan fingerprint density at radius 2 is 1.82 bits per heavy atom. The van der Waals surface area contributed by atoms with Gasteiger partial charge in [-0.25, -0.2) is 0 Å². The molecule has 3 heteroatoms. The molecule has 1 aliphatic heterocycles. The molecule has 1 unspecified atom stereocenters. The molecule has 0 radical (unpaired) electrons. The lowest BCUT2D eigenvalue weighted by Gasteiger charge is -2.21. The van der Waals surface area contributed by atoms with Gasteiger partial charge in [0.1, 0.15) is 0 Å². The van der Waals surface area contributed by atoms with E-state index in [9.17, 15) is 4.79 Å². The zero-order valence-corrected chi connectivity index (χ0v) is 11.3. The van der Waals surface area contributed by atoms with Crippen LogP contribution in [0.1, 0.15) is 32.8 Å².